The molecule has 1 fully saturated rings. The predicted octanol–water partition coefficient (Wildman–Crippen LogP) is 2.80. The van der Waals surface area contributed by atoms with Crippen molar-refractivity contribution in [2.45, 2.75) is 43.8 Å². The molecule has 0 aromatic heterocycles. The molecule has 0 bridgehead atoms. The van der Waals surface area contributed by atoms with Gasteiger partial charge in [-0.05, 0) is 36.6 Å². The van der Waals surface area contributed by atoms with Crippen molar-refractivity contribution in [3.8, 4) is 0 Å². The Hall–Kier alpha value is -0.450. The monoisotopic (exact) mass is 302 g/mol. The summed E-state index contributed by atoms with van der Waals surface area (Å²) in [6, 6.07) is 4.64. The molecule has 0 radical (unpaired) electrons. The first-order valence-electron chi connectivity index (χ1n) is 5.86. The van der Waals surface area contributed by atoms with Crippen LogP contribution in [0.15, 0.2) is 22.7 Å². The number of hydrogen-bond donors (Lipinski definition) is 2. The van der Waals surface area contributed by atoms with E-state index >= 15 is 0 Å². The maximum absolute atomic E-state index is 13.5. The SMILES string of the molecule is OC(Cc1cc(Br)ccc1F)C1(O)CCCC1. The highest BCUT2D eigenvalue weighted by atomic mass is 79.9. The van der Waals surface area contributed by atoms with E-state index in [1.807, 2.05) is 0 Å². The van der Waals surface area contributed by atoms with E-state index in [2.05, 4.69) is 15.9 Å². The van der Waals surface area contributed by atoms with E-state index in [1.165, 1.54) is 6.07 Å². The number of rotatable bonds is 3. The summed E-state index contributed by atoms with van der Waals surface area (Å²) in [7, 11) is 0. The zero-order valence-electron chi connectivity index (χ0n) is 9.50. The Morgan fingerprint density at radius 1 is 1.35 bits per heavy atom. The van der Waals surface area contributed by atoms with Gasteiger partial charge in [-0.1, -0.05) is 28.8 Å². The topological polar surface area (TPSA) is 40.5 Å². The van der Waals surface area contributed by atoms with Gasteiger partial charge in [-0.3, -0.25) is 0 Å². The Bertz CT molecular complexity index is 402. The van der Waals surface area contributed by atoms with Gasteiger partial charge < -0.3 is 10.2 Å². The van der Waals surface area contributed by atoms with Gasteiger partial charge in [0, 0.05) is 10.9 Å². The van der Waals surface area contributed by atoms with Crippen LogP contribution in [0.25, 0.3) is 0 Å². The Kier molecular flexibility index (Phi) is 3.85. The first kappa shape index (κ1) is 13.0. The van der Waals surface area contributed by atoms with E-state index in [1.54, 1.807) is 12.1 Å². The molecule has 1 atom stereocenters. The molecule has 1 aliphatic rings. The summed E-state index contributed by atoms with van der Waals surface area (Å²) in [6.07, 6.45) is 2.31. The molecule has 0 aliphatic heterocycles. The minimum atomic E-state index is -1.03. The lowest BCUT2D eigenvalue weighted by molar-refractivity contribution is -0.0692. The minimum Gasteiger partial charge on any atom is -0.390 e. The maximum Gasteiger partial charge on any atom is 0.126 e. The van der Waals surface area contributed by atoms with Crippen LogP contribution in [-0.2, 0) is 6.42 Å². The maximum atomic E-state index is 13.5. The van der Waals surface area contributed by atoms with Crippen LogP contribution < -0.4 is 0 Å². The van der Waals surface area contributed by atoms with Crippen LogP contribution in [0.2, 0.25) is 0 Å². The summed E-state index contributed by atoms with van der Waals surface area (Å²) in [5.74, 6) is -0.339. The molecular weight excluding hydrogens is 287 g/mol. The lowest BCUT2D eigenvalue weighted by atomic mass is 9.90. The average Bonchev–Trinajstić information content (AvgIpc) is 2.72. The summed E-state index contributed by atoms with van der Waals surface area (Å²) in [5.41, 5.74) is -0.596. The molecule has 2 N–H and O–H groups in total. The Balaban J connectivity index is 2.12. The second-order valence-corrected chi connectivity index (χ2v) is 5.68. The third kappa shape index (κ3) is 2.87. The van der Waals surface area contributed by atoms with Gasteiger partial charge in [0.05, 0.1) is 11.7 Å². The fraction of sp³-hybridized carbons (Fsp3) is 0.538. The van der Waals surface area contributed by atoms with Gasteiger partial charge in [0.2, 0.25) is 0 Å². The summed E-state index contributed by atoms with van der Waals surface area (Å²) in [4.78, 5) is 0. The second kappa shape index (κ2) is 5.04. The molecule has 94 valence electrons. The molecule has 0 saturated heterocycles. The molecule has 1 aromatic rings. The van der Waals surface area contributed by atoms with Crippen LogP contribution in [0.1, 0.15) is 31.2 Å². The standard InChI is InChI=1S/C13H16BrFO2/c14-10-3-4-11(15)9(7-10)8-12(16)13(17)5-1-2-6-13/h3-4,7,12,16-17H,1-2,5-6,8H2. The van der Waals surface area contributed by atoms with Crippen molar-refractivity contribution in [1.82, 2.24) is 0 Å². The molecular formula is C13H16BrFO2. The van der Waals surface area contributed by atoms with Gasteiger partial charge in [0.15, 0.2) is 0 Å². The number of aliphatic hydroxyl groups is 2. The summed E-state index contributed by atoms with van der Waals surface area (Å²) < 4.78 is 14.3. The fourth-order valence-corrected chi connectivity index (χ4v) is 2.83. The molecule has 2 nitrogen and oxygen atoms in total. The number of benzene rings is 1. The number of hydrogen-bond acceptors (Lipinski definition) is 2. The minimum absolute atomic E-state index is 0.155. The van der Waals surface area contributed by atoms with Crippen LogP contribution >= 0.6 is 15.9 Å². The first-order chi connectivity index (χ1) is 8.01. The zero-order chi connectivity index (χ0) is 12.5. The number of halogens is 2. The molecule has 1 saturated carbocycles. The lowest BCUT2D eigenvalue weighted by Crippen LogP contribution is -2.41. The van der Waals surface area contributed by atoms with Crippen molar-refractivity contribution in [2.24, 2.45) is 0 Å². The van der Waals surface area contributed by atoms with Gasteiger partial charge >= 0.3 is 0 Å². The third-order valence-corrected chi connectivity index (χ3v) is 4.00. The van der Waals surface area contributed by atoms with Crippen LogP contribution in [0.3, 0.4) is 0 Å². The second-order valence-electron chi connectivity index (χ2n) is 4.77. The van der Waals surface area contributed by atoms with Gasteiger partial charge in [0.1, 0.15) is 5.82 Å². The third-order valence-electron chi connectivity index (χ3n) is 3.51. The van der Waals surface area contributed by atoms with Crippen LogP contribution in [0.4, 0.5) is 4.39 Å². The largest absolute Gasteiger partial charge is 0.390 e. The van der Waals surface area contributed by atoms with E-state index in [9.17, 15) is 14.6 Å². The van der Waals surface area contributed by atoms with Gasteiger partial charge in [0.25, 0.3) is 0 Å². The Morgan fingerprint density at radius 3 is 2.65 bits per heavy atom. The van der Waals surface area contributed by atoms with Gasteiger partial charge in [-0.2, -0.15) is 0 Å². The van der Waals surface area contributed by atoms with Crippen molar-refractivity contribution in [1.29, 1.82) is 0 Å². The summed E-state index contributed by atoms with van der Waals surface area (Å²) in [5, 5.41) is 20.2. The predicted molar refractivity (Wildman–Crippen MR) is 67.2 cm³/mol. The normalized spacial score (nSPS) is 20.5. The summed E-state index contributed by atoms with van der Waals surface area (Å²) >= 11 is 3.27. The lowest BCUT2D eigenvalue weighted by Gasteiger charge is -2.28. The molecule has 1 aliphatic carbocycles. The van der Waals surface area contributed by atoms with Crippen molar-refractivity contribution in [3.05, 3.63) is 34.1 Å². The zero-order valence-corrected chi connectivity index (χ0v) is 11.1. The van der Waals surface area contributed by atoms with Crippen molar-refractivity contribution in [3.63, 3.8) is 0 Å². The van der Waals surface area contributed by atoms with Gasteiger partial charge in [-0.25, -0.2) is 4.39 Å². The van der Waals surface area contributed by atoms with Gasteiger partial charge in [-0.15, -0.1) is 0 Å². The first-order valence-corrected chi connectivity index (χ1v) is 6.65. The molecule has 0 heterocycles. The molecule has 2 rings (SSSR count). The van der Waals surface area contributed by atoms with Crippen LogP contribution in [-0.4, -0.2) is 21.9 Å². The smallest absolute Gasteiger partial charge is 0.126 e. The van der Waals surface area contributed by atoms with E-state index in [-0.39, 0.29) is 12.2 Å². The van der Waals surface area contributed by atoms with Crippen molar-refractivity contribution >= 4 is 15.9 Å². The fourth-order valence-electron chi connectivity index (χ4n) is 2.42. The molecule has 17 heavy (non-hydrogen) atoms. The molecule has 0 amide bonds. The van der Waals surface area contributed by atoms with E-state index < -0.39 is 11.7 Å². The average molecular weight is 303 g/mol. The van der Waals surface area contributed by atoms with Crippen molar-refractivity contribution in [2.75, 3.05) is 0 Å². The summed E-state index contributed by atoms with van der Waals surface area (Å²) in [6.45, 7) is 0. The van der Waals surface area contributed by atoms with Crippen molar-refractivity contribution < 1.29 is 14.6 Å². The van der Waals surface area contributed by atoms with Crippen LogP contribution in [0, 0.1) is 5.82 Å². The Labute approximate surface area is 109 Å². The molecule has 1 unspecified atom stereocenters. The molecule has 0 spiro atoms. The highest BCUT2D eigenvalue weighted by Gasteiger charge is 2.38. The van der Waals surface area contributed by atoms with Crippen LogP contribution in [0.5, 0.6) is 0 Å². The molecule has 4 heteroatoms. The van der Waals surface area contributed by atoms with E-state index in [4.69, 9.17) is 0 Å². The van der Waals surface area contributed by atoms with E-state index in [0.717, 1.165) is 17.3 Å². The highest BCUT2D eigenvalue weighted by molar-refractivity contribution is 9.10. The number of aliphatic hydroxyl groups excluding tert-OH is 1. The Morgan fingerprint density at radius 2 is 2.00 bits per heavy atom. The highest BCUT2D eigenvalue weighted by Crippen LogP contribution is 2.34. The van der Waals surface area contributed by atoms with E-state index in [0.29, 0.717) is 18.4 Å². The quantitative estimate of drug-likeness (QED) is 0.901. The molecule has 1 aromatic carbocycles.